The van der Waals surface area contributed by atoms with Gasteiger partial charge in [-0.25, -0.2) is 0 Å². The van der Waals surface area contributed by atoms with Gasteiger partial charge in [0.25, 0.3) is 0 Å². The van der Waals surface area contributed by atoms with Gasteiger partial charge in [0.15, 0.2) is 5.78 Å². The molecule has 1 N–H and O–H groups in total. The van der Waals surface area contributed by atoms with Crippen molar-refractivity contribution in [2.24, 2.45) is 0 Å². The Hall–Kier alpha value is -1.15. The Morgan fingerprint density at radius 1 is 1.21 bits per heavy atom. The number of aliphatic hydroxyl groups excluding tert-OH is 1. The largest absolute Gasteiger partial charge is 0.396 e. The molecular weight excluding hydrogens is 176 g/mol. The van der Waals surface area contributed by atoms with E-state index < -0.39 is 0 Å². The summed E-state index contributed by atoms with van der Waals surface area (Å²) in [5, 5.41) is 8.71. The zero-order chi connectivity index (χ0) is 10.7. The van der Waals surface area contributed by atoms with E-state index in [2.05, 4.69) is 0 Å². The molecule has 0 aliphatic heterocycles. The molecular formula is C12H16O2. The van der Waals surface area contributed by atoms with Gasteiger partial charge < -0.3 is 5.11 Å². The number of carbonyl (C=O) groups is 1. The van der Waals surface area contributed by atoms with E-state index in [1.165, 1.54) is 5.56 Å². The zero-order valence-corrected chi connectivity index (χ0v) is 8.92. The Labute approximate surface area is 84.6 Å². The van der Waals surface area contributed by atoms with Crippen LogP contribution >= 0.6 is 0 Å². The summed E-state index contributed by atoms with van der Waals surface area (Å²) < 4.78 is 0. The Morgan fingerprint density at radius 2 is 1.71 bits per heavy atom. The molecule has 76 valence electrons. The third kappa shape index (κ3) is 2.20. The summed E-state index contributed by atoms with van der Waals surface area (Å²) in [6.45, 7) is 5.81. The molecule has 0 heterocycles. The van der Waals surface area contributed by atoms with Gasteiger partial charge in [0, 0.05) is 12.0 Å². The Morgan fingerprint density at radius 3 is 2.14 bits per heavy atom. The van der Waals surface area contributed by atoms with Gasteiger partial charge in [0.2, 0.25) is 0 Å². The third-order valence-electron chi connectivity index (χ3n) is 2.29. The van der Waals surface area contributed by atoms with Crippen LogP contribution in [-0.2, 0) is 0 Å². The van der Waals surface area contributed by atoms with Crippen molar-refractivity contribution in [3.8, 4) is 0 Å². The molecule has 0 aliphatic carbocycles. The minimum absolute atomic E-state index is 0.0301. The van der Waals surface area contributed by atoms with Gasteiger partial charge in [-0.3, -0.25) is 4.79 Å². The van der Waals surface area contributed by atoms with Crippen LogP contribution < -0.4 is 0 Å². The first kappa shape index (κ1) is 10.9. The second-order valence-corrected chi connectivity index (χ2v) is 3.67. The fraction of sp³-hybridized carbons (Fsp3) is 0.417. The molecule has 14 heavy (non-hydrogen) atoms. The molecule has 1 rings (SSSR count). The van der Waals surface area contributed by atoms with E-state index in [9.17, 15) is 4.79 Å². The lowest BCUT2D eigenvalue weighted by molar-refractivity contribution is 0.0955. The number of hydrogen-bond acceptors (Lipinski definition) is 2. The van der Waals surface area contributed by atoms with Crippen LogP contribution in [0.5, 0.6) is 0 Å². The van der Waals surface area contributed by atoms with Crippen LogP contribution in [0.25, 0.3) is 0 Å². The highest BCUT2D eigenvalue weighted by molar-refractivity contribution is 5.98. The second-order valence-electron chi connectivity index (χ2n) is 3.67. The highest BCUT2D eigenvalue weighted by Gasteiger charge is 2.11. The van der Waals surface area contributed by atoms with Gasteiger partial charge in [-0.15, -0.1) is 0 Å². The average molecular weight is 192 g/mol. The maximum atomic E-state index is 11.6. The van der Waals surface area contributed by atoms with Crippen molar-refractivity contribution < 1.29 is 9.90 Å². The van der Waals surface area contributed by atoms with Gasteiger partial charge in [-0.05, 0) is 31.9 Å². The number of ketones is 1. The topological polar surface area (TPSA) is 37.3 Å². The van der Waals surface area contributed by atoms with Crippen LogP contribution in [0.4, 0.5) is 0 Å². The van der Waals surface area contributed by atoms with Crippen LogP contribution in [0.15, 0.2) is 12.1 Å². The second kappa shape index (κ2) is 4.38. The van der Waals surface area contributed by atoms with Gasteiger partial charge in [0.05, 0.1) is 6.61 Å². The van der Waals surface area contributed by atoms with Crippen molar-refractivity contribution in [1.29, 1.82) is 0 Å². The molecule has 2 nitrogen and oxygen atoms in total. The van der Waals surface area contributed by atoms with Gasteiger partial charge in [-0.1, -0.05) is 17.7 Å². The number of aryl methyl sites for hydroxylation is 3. The lowest BCUT2D eigenvalue weighted by atomic mass is 9.95. The Kier molecular flexibility index (Phi) is 3.42. The lowest BCUT2D eigenvalue weighted by Crippen LogP contribution is -2.06. The minimum Gasteiger partial charge on any atom is -0.396 e. The van der Waals surface area contributed by atoms with Gasteiger partial charge >= 0.3 is 0 Å². The number of Topliss-reactive ketones (excluding diaryl/α,β-unsaturated/α-hetero) is 1. The van der Waals surface area contributed by atoms with Crippen molar-refractivity contribution in [3.63, 3.8) is 0 Å². The smallest absolute Gasteiger partial charge is 0.165 e. The van der Waals surface area contributed by atoms with Crippen molar-refractivity contribution in [2.45, 2.75) is 27.2 Å². The highest BCUT2D eigenvalue weighted by atomic mass is 16.3. The van der Waals surface area contributed by atoms with E-state index in [4.69, 9.17) is 5.11 Å². The summed E-state index contributed by atoms with van der Waals surface area (Å²) in [7, 11) is 0. The first-order valence-electron chi connectivity index (χ1n) is 4.78. The van der Waals surface area contributed by atoms with E-state index in [-0.39, 0.29) is 18.8 Å². The molecule has 2 heteroatoms. The molecule has 0 fully saturated rings. The predicted octanol–water partition coefficient (Wildman–Crippen LogP) is 2.18. The Balaban J connectivity index is 3.14. The molecule has 0 radical (unpaired) electrons. The van der Waals surface area contributed by atoms with E-state index in [1.807, 2.05) is 32.9 Å². The van der Waals surface area contributed by atoms with Crippen molar-refractivity contribution in [2.75, 3.05) is 6.61 Å². The molecule has 0 aromatic heterocycles. The van der Waals surface area contributed by atoms with Crippen LogP contribution in [0.2, 0.25) is 0 Å². The summed E-state index contributed by atoms with van der Waals surface area (Å²) in [5.41, 5.74) is 3.94. The standard InChI is InChI=1S/C12H16O2/c1-8-6-9(2)12(10(3)7-8)11(14)4-5-13/h6-7,13H,4-5H2,1-3H3. The molecule has 0 unspecified atom stereocenters. The maximum absolute atomic E-state index is 11.6. The van der Waals surface area contributed by atoms with Gasteiger partial charge in [0.1, 0.15) is 0 Å². The minimum atomic E-state index is -0.0778. The fourth-order valence-corrected chi connectivity index (χ4v) is 1.85. The molecule has 0 aliphatic rings. The lowest BCUT2D eigenvalue weighted by Gasteiger charge is -2.09. The Bertz CT molecular complexity index is 330. The van der Waals surface area contributed by atoms with Crippen molar-refractivity contribution in [1.82, 2.24) is 0 Å². The number of carbonyl (C=O) groups excluding carboxylic acids is 1. The van der Waals surface area contributed by atoms with Gasteiger partial charge in [-0.2, -0.15) is 0 Å². The molecule has 0 amide bonds. The fourth-order valence-electron chi connectivity index (χ4n) is 1.85. The summed E-state index contributed by atoms with van der Waals surface area (Å²) in [4.78, 5) is 11.6. The van der Waals surface area contributed by atoms with Crippen LogP contribution in [0.1, 0.15) is 33.5 Å². The van der Waals surface area contributed by atoms with E-state index in [0.29, 0.717) is 0 Å². The third-order valence-corrected chi connectivity index (χ3v) is 2.29. The highest BCUT2D eigenvalue weighted by Crippen LogP contribution is 2.17. The monoisotopic (exact) mass is 192 g/mol. The number of aliphatic hydroxyl groups is 1. The average Bonchev–Trinajstić information content (AvgIpc) is 2.01. The number of rotatable bonds is 3. The van der Waals surface area contributed by atoms with Crippen LogP contribution in [0, 0.1) is 20.8 Å². The molecule has 1 aromatic rings. The predicted molar refractivity (Wildman–Crippen MR) is 56.7 cm³/mol. The first-order valence-corrected chi connectivity index (χ1v) is 4.78. The van der Waals surface area contributed by atoms with Crippen LogP contribution in [-0.4, -0.2) is 17.5 Å². The quantitative estimate of drug-likeness (QED) is 0.745. The zero-order valence-electron chi connectivity index (χ0n) is 8.92. The van der Waals surface area contributed by atoms with E-state index in [1.54, 1.807) is 0 Å². The van der Waals surface area contributed by atoms with E-state index >= 15 is 0 Å². The molecule has 0 saturated heterocycles. The van der Waals surface area contributed by atoms with Crippen molar-refractivity contribution in [3.05, 3.63) is 34.4 Å². The van der Waals surface area contributed by atoms with Crippen molar-refractivity contribution >= 4 is 5.78 Å². The summed E-state index contributed by atoms with van der Waals surface area (Å²) in [6.07, 6.45) is 0.213. The first-order chi connectivity index (χ1) is 6.56. The molecule has 1 aromatic carbocycles. The summed E-state index contributed by atoms with van der Waals surface area (Å²) in [6, 6.07) is 4.00. The van der Waals surface area contributed by atoms with Crippen LogP contribution in [0.3, 0.4) is 0 Å². The maximum Gasteiger partial charge on any atom is 0.165 e. The summed E-state index contributed by atoms with van der Waals surface area (Å²) >= 11 is 0. The number of hydrogen-bond donors (Lipinski definition) is 1. The molecule has 0 atom stereocenters. The SMILES string of the molecule is Cc1cc(C)c(C(=O)CCO)c(C)c1. The summed E-state index contributed by atoms with van der Waals surface area (Å²) in [5.74, 6) is 0.0301. The molecule has 0 spiro atoms. The normalized spacial score (nSPS) is 10.3. The number of benzene rings is 1. The molecule has 0 saturated carbocycles. The molecule has 0 bridgehead atoms. The van der Waals surface area contributed by atoms with E-state index in [0.717, 1.165) is 16.7 Å².